The minimum Gasteiger partial charge on any atom is -0.497 e. The van der Waals surface area contributed by atoms with Gasteiger partial charge >= 0.3 is 0 Å². The number of benzene rings is 1. The highest BCUT2D eigenvalue weighted by Gasteiger charge is 2.29. The van der Waals surface area contributed by atoms with Crippen LogP contribution < -0.4 is 15.4 Å². The Morgan fingerprint density at radius 1 is 1.05 bits per heavy atom. The van der Waals surface area contributed by atoms with Crippen LogP contribution in [0.15, 0.2) is 24.3 Å². The smallest absolute Gasteiger partial charge is 0.119 e. The highest BCUT2D eigenvalue weighted by atomic mass is 16.5. The summed E-state index contributed by atoms with van der Waals surface area (Å²) in [6, 6.07) is 9.53. The van der Waals surface area contributed by atoms with Gasteiger partial charge in [0.2, 0.25) is 0 Å². The number of ether oxygens (including phenoxy) is 1. The van der Waals surface area contributed by atoms with Crippen LogP contribution in [0.3, 0.4) is 0 Å². The van der Waals surface area contributed by atoms with Crippen molar-refractivity contribution in [2.45, 2.75) is 31.3 Å². The molecule has 0 bridgehead atoms. The quantitative estimate of drug-likeness (QED) is 0.911. The van der Waals surface area contributed by atoms with Crippen LogP contribution in [0.5, 0.6) is 5.75 Å². The Labute approximate surface area is 121 Å². The Morgan fingerprint density at radius 2 is 1.75 bits per heavy atom. The number of nitrogens with zero attached hydrogens (tertiary/aromatic N) is 2. The molecule has 2 fully saturated rings. The lowest BCUT2D eigenvalue weighted by molar-refractivity contribution is 0.205. The summed E-state index contributed by atoms with van der Waals surface area (Å²) in [5, 5.41) is 0. The second-order valence-corrected chi connectivity index (χ2v) is 5.96. The summed E-state index contributed by atoms with van der Waals surface area (Å²) >= 11 is 0. The van der Waals surface area contributed by atoms with Gasteiger partial charge in [0.1, 0.15) is 5.75 Å². The molecule has 110 valence electrons. The van der Waals surface area contributed by atoms with Gasteiger partial charge in [-0.3, -0.25) is 4.90 Å². The molecule has 0 amide bonds. The fourth-order valence-corrected chi connectivity index (χ4v) is 3.43. The maximum atomic E-state index is 6.01. The first kappa shape index (κ1) is 13.7. The monoisotopic (exact) mass is 275 g/mol. The fourth-order valence-electron chi connectivity index (χ4n) is 3.43. The zero-order valence-corrected chi connectivity index (χ0v) is 12.3. The standard InChI is InChI=1S/C16H25N3O/c1-20-16-4-2-14(3-5-16)18-10-7-15(8-11-18)19-9-6-13(17)12-19/h2-5,13,15H,6-12,17H2,1H3. The molecule has 1 aromatic carbocycles. The maximum Gasteiger partial charge on any atom is 0.119 e. The Hall–Kier alpha value is -1.26. The van der Waals surface area contributed by atoms with E-state index in [1.807, 2.05) is 12.1 Å². The summed E-state index contributed by atoms with van der Waals surface area (Å²) in [5.41, 5.74) is 7.32. The lowest BCUT2D eigenvalue weighted by Crippen LogP contribution is -2.44. The molecule has 3 rings (SSSR count). The van der Waals surface area contributed by atoms with E-state index >= 15 is 0 Å². The fraction of sp³-hybridized carbons (Fsp3) is 0.625. The molecule has 0 radical (unpaired) electrons. The predicted octanol–water partition coefficient (Wildman–Crippen LogP) is 1.70. The molecule has 1 aromatic rings. The van der Waals surface area contributed by atoms with Gasteiger partial charge in [0.05, 0.1) is 7.11 Å². The number of methoxy groups -OCH3 is 1. The van der Waals surface area contributed by atoms with Crippen LogP contribution in [0, 0.1) is 0 Å². The van der Waals surface area contributed by atoms with Crippen LogP contribution in [-0.4, -0.2) is 50.3 Å². The SMILES string of the molecule is COc1ccc(N2CCC(N3CCC(N)C3)CC2)cc1. The van der Waals surface area contributed by atoms with Crippen LogP contribution in [0.2, 0.25) is 0 Å². The molecule has 4 heteroatoms. The van der Waals surface area contributed by atoms with Gasteiger partial charge in [-0.2, -0.15) is 0 Å². The van der Waals surface area contributed by atoms with Gasteiger partial charge in [-0.15, -0.1) is 0 Å². The first-order valence-electron chi connectivity index (χ1n) is 7.65. The van der Waals surface area contributed by atoms with E-state index in [2.05, 4.69) is 21.9 Å². The van der Waals surface area contributed by atoms with Gasteiger partial charge in [0.15, 0.2) is 0 Å². The van der Waals surface area contributed by atoms with E-state index in [0.717, 1.165) is 31.4 Å². The van der Waals surface area contributed by atoms with E-state index < -0.39 is 0 Å². The van der Waals surface area contributed by atoms with Crippen LogP contribution in [0.1, 0.15) is 19.3 Å². The summed E-state index contributed by atoms with van der Waals surface area (Å²) in [6.07, 6.45) is 3.66. The Balaban J connectivity index is 1.55. The van der Waals surface area contributed by atoms with Gasteiger partial charge in [-0.05, 0) is 43.5 Å². The molecule has 1 unspecified atom stereocenters. The summed E-state index contributed by atoms with van der Waals surface area (Å²) in [4.78, 5) is 5.07. The molecule has 2 heterocycles. The largest absolute Gasteiger partial charge is 0.497 e. The second kappa shape index (κ2) is 6.02. The van der Waals surface area contributed by atoms with E-state index in [1.165, 1.54) is 31.5 Å². The molecule has 0 aliphatic carbocycles. The Bertz CT molecular complexity index is 426. The van der Waals surface area contributed by atoms with E-state index in [0.29, 0.717) is 6.04 Å². The molecule has 0 spiro atoms. The van der Waals surface area contributed by atoms with Crippen molar-refractivity contribution in [3.8, 4) is 5.75 Å². The molecule has 2 aliphatic heterocycles. The summed E-state index contributed by atoms with van der Waals surface area (Å²) < 4.78 is 5.21. The van der Waals surface area contributed by atoms with E-state index in [9.17, 15) is 0 Å². The van der Waals surface area contributed by atoms with Crippen LogP contribution in [0.4, 0.5) is 5.69 Å². The number of nitrogens with two attached hydrogens (primary N) is 1. The van der Waals surface area contributed by atoms with Crippen molar-refractivity contribution < 1.29 is 4.74 Å². The van der Waals surface area contributed by atoms with E-state index in [-0.39, 0.29) is 0 Å². The predicted molar refractivity (Wildman–Crippen MR) is 82.4 cm³/mol. The molecule has 20 heavy (non-hydrogen) atoms. The molecular weight excluding hydrogens is 250 g/mol. The lowest BCUT2D eigenvalue weighted by atomic mass is 10.0. The first-order chi connectivity index (χ1) is 9.76. The van der Waals surface area contributed by atoms with Gasteiger partial charge in [-0.1, -0.05) is 0 Å². The molecule has 0 saturated carbocycles. The van der Waals surface area contributed by atoms with Crippen LogP contribution in [0.25, 0.3) is 0 Å². The number of anilines is 1. The van der Waals surface area contributed by atoms with E-state index in [4.69, 9.17) is 10.5 Å². The second-order valence-electron chi connectivity index (χ2n) is 5.96. The van der Waals surface area contributed by atoms with Crippen molar-refractivity contribution in [2.75, 3.05) is 38.2 Å². The highest BCUT2D eigenvalue weighted by Crippen LogP contribution is 2.26. The Morgan fingerprint density at radius 3 is 2.30 bits per heavy atom. The minimum atomic E-state index is 0.398. The average molecular weight is 275 g/mol. The number of piperidine rings is 1. The zero-order chi connectivity index (χ0) is 13.9. The number of likely N-dealkylation sites (tertiary alicyclic amines) is 1. The molecular formula is C16H25N3O. The third-order valence-corrected chi connectivity index (χ3v) is 4.67. The number of rotatable bonds is 3. The normalized spacial score (nSPS) is 25.1. The van der Waals surface area contributed by atoms with Crippen molar-refractivity contribution in [3.63, 3.8) is 0 Å². The summed E-state index contributed by atoms with van der Waals surface area (Å²) in [7, 11) is 1.71. The minimum absolute atomic E-state index is 0.398. The third-order valence-electron chi connectivity index (χ3n) is 4.67. The Kier molecular flexibility index (Phi) is 4.13. The summed E-state index contributed by atoms with van der Waals surface area (Å²) in [5.74, 6) is 0.926. The molecule has 0 aromatic heterocycles. The summed E-state index contributed by atoms with van der Waals surface area (Å²) in [6.45, 7) is 4.56. The van der Waals surface area contributed by atoms with Gasteiger partial charge in [-0.25, -0.2) is 0 Å². The molecule has 4 nitrogen and oxygen atoms in total. The number of hydrogen-bond donors (Lipinski definition) is 1. The third kappa shape index (κ3) is 2.91. The van der Waals surface area contributed by atoms with Crippen LogP contribution >= 0.6 is 0 Å². The van der Waals surface area contributed by atoms with Crippen molar-refractivity contribution in [2.24, 2.45) is 5.73 Å². The molecule has 2 aliphatic rings. The lowest BCUT2D eigenvalue weighted by Gasteiger charge is -2.37. The molecule has 2 saturated heterocycles. The van der Waals surface area contributed by atoms with Crippen molar-refractivity contribution in [1.82, 2.24) is 4.90 Å². The number of hydrogen-bond acceptors (Lipinski definition) is 4. The average Bonchev–Trinajstić information content (AvgIpc) is 2.94. The first-order valence-corrected chi connectivity index (χ1v) is 7.65. The van der Waals surface area contributed by atoms with Gasteiger partial charge in [0.25, 0.3) is 0 Å². The van der Waals surface area contributed by atoms with Crippen molar-refractivity contribution >= 4 is 5.69 Å². The molecule has 2 N–H and O–H groups in total. The van der Waals surface area contributed by atoms with E-state index in [1.54, 1.807) is 7.11 Å². The van der Waals surface area contributed by atoms with Crippen molar-refractivity contribution in [3.05, 3.63) is 24.3 Å². The van der Waals surface area contributed by atoms with Crippen molar-refractivity contribution in [1.29, 1.82) is 0 Å². The van der Waals surface area contributed by atoms with Gasteiger partial charge < -0.3 is 15.4 Å². The maximum absolute atomic E-state index is 6.01. The zero-order valence-electron chi connectivity index (χ0n) is 12.3. The topological polar surface area (TPSA) is 41.7 Å². The molecule has 1 atom stereocenters. The van der Waals surface area contributed by atoms with Crippen LogP contribution in [-0.2, 0) is 0 Å². The van der Waals surface area contributed by atoms with Gasteiger partial charge in [0, 0.05) is 44.0 Å². The highest BCUT2D eigenvalue weighted by molar-refractivity contribution is 5.49.